The third-order valence-electron chi connectivity index (χ3n) is 5.62. The fraction of sp³-hybridized carbons (Fsp3) is 0.633. The summed E-state index contributed by atoms with van der Waals surface area (Å²) in [5.74, 6) is 2.88. The molecule has 0 aliphatic carbocycles. The van der Waals surface area contributed by atoms with Gasteiger partial charge in [0.15, 0.2) is 12.1 Å². The number of thiazole rings is 1. The first kappa shape index (κ1) is 41.4. The quantitative estimate of drug-likeness (QED) is 0.188. The smallest absolute Gasteiger partial charge is 0.242 e. The van der Waals surface area contributed by atoms with Gasteiger partial charge in [0.05, 0.1) is 24.3 Å². The summed E-state index contributed by atoms with van der Waals surface area (Å²) in [5, 5.41) is 13.3. The molecule has 0 radical (unpaired) electrons. The lowest BCUT2D eigenvalue weighted by atomic mass is 10.2. The van der Waals surface area contributed by atoms with Crippen LogP contribution in [0.5, 0.6) is 0 Å². The molecule has 0 saturated carbocycles. The number of hydrogen-bond acceptors (Lipinski definition) is 13. The van der Waals surface area contributed by atoms with Gasteiger partial charge in [-0.3, -0.25) is 10.1 Å². The number of nitrogens with one attached hydrogen (secondary N) is 1. The summed E-state index contributed by atoms with van der Waals surface area (Å²) in [5.41, 5.74) is 0.894. The lowest BCUT2D eigenvalue weighted by Crippen LogP contribution is -1.97. The number of hydrogen-bond donors (Lipinski definition) is 1. The molecule has 3 aliphatic heterocycles. The van der Waals surface area contributed by atoms with Gasteiger partial charge in [0.2, 0.25) is 16.5 Å². The number of nitrogens with zero attached hydrogens (tertiary/aromatic N) is 7. The normalized spacial score (nSPS) is 18.0. The maximum absolute atomic E-state index is 5.42. The van der Waals surface area contributed by atoms with Gasteiger partial charge in [-0.2, -0.15) is 4.98 Å². The molecule has 2 unspecified atom stereocenters. The number of halogens is 2. The van der Waals surface area contributed by atoms with Crippen LogP contribution in [0, 0.1) is 40.5 Å². The first-order valence-electron chi connectivity index (χ1n) is 15.0. The van der Waals surface area contributed by atoms with Crippen LogP contribution in [0.25, 0.3) is 0 Å². The fourth-order valence-corrected chi connectivity index (χ4v) is 4.10. The maximum Gasteiger partial charge on any atom is 0.242 e. The molecule has 7 rings (SSSR count). The van der Waals surface area contributed by atoms with E-state index in [-0.39, 0.29) is 11.6 Å². The maximum atomic E-state index is 5.42. The largest absolute Gasteiger partial charge is 0.381 e. The van der Waals surface area contributed by atoms with Crippen molar-refractivity contribution in [2.45, 2.75) is 87.0 Å². The molecule has 46 heavy (non-hydrogen) atoms. The molecule has 13 nitrogen and oxygen atoms in total. The minimum absolute atomic E-state index is 0.0463. The highest BCUT2D eigenvalue weighted by Crippen LogP contribution is 2.10. The predicted octanol–water partition coefficient (Wildman–Crippen LogP) is 6.95. The second kappa shape index (κ2) is 25.5. The minimum atomic E-state index is 0.0463. The van der Waals surface area contributed by atoms with Crippen LogP contribution in [0.3, 0.4) is 0 Å². The molecule has 16 heteroatoms. The van der Waals surface area contributed by atoms with E-state index in [1.54, 1.807) is 50.6 Å². The van der Waals surface area contributed by atoms with E-state index in [1.807, 2.05) is 26.2 Å². The summed E-state index contributed by atoms with van der Waals surface area (Å²) in [6.07, 6.45) is 7.82. The fourth-order valence-electron chi connectivity index (χ4n) is 3.30. The average molecular weight is 704 g/mol. The number of aryl methyl sites for hydroxylation is 5. The molecule has 2 atom stereocenters. The SMILES string of the molecule is CC1CCCO1.CC1CCOC1.CC1OCCO1.Cc1ccnc(Cl)n1.Cc1nc(Cl)n[nH]1.Cc1nccs1.Cc1noc(C)n1. The van der Waals surface area contributed by atoms with Crippen LogP contribution in [0.15, 0.2) is 28.4 Å². The summed E-state index contributed by atoms with van der Waals surface area (Å²) in [7, 11) is 0. The van der Waals surface area contributed by atoms with Crippen molar-refractivity contribution >= 4 is 34.5 Å². The van der Waals surface area contributed by atoms with Crippen LogP contribution in [-0.4, -0.2) is 85.7 Å². The third kappa shape index (κ3) is 23.7. The standard InChI is InChI=1S/C5H5ClN2.2C5H10O.C4H6N2O.C4H5NS.C4H8O2.C3H4ClN3/c1-4-2-3-7-5(6)8-4;1-5-2-3-6-4-5;1-5-3-2-4-6-5;1-3-5-4(2)7-6-3;2*1-4-5-2-3-6-4;1-2-5-3(4)7-6-2/h2-3H,1H3;2*5H,2-4H2,1H3;1-2H3;2-3H,1H3;4H,2-3H2,1H3;1H3,(H,5,6,7). The Morgan fingerprint density at radius 3 is 1.76 bits per heavy atom. The van der Waals surface area contributed by atoms with E-state index >= 15 is 0 Å². The van der Waals surface area contributed by atoms with Crippen LogP contribution in [0.4, 0.5) is 0 Å². The number of H-pyrrole nitrogens is 1. The Kier molecular flexibility index (Phi) is 23.0. The number of rotatable bonds is 0. The van der Waals surface area contributed by atoms with Gasteiger partial charge in [0, 0.05) is 50.2 Å². The zero-order chi connectivity index (χ0) is 34.2. The molecule has 0 spiro atoms. The average Bonchev–Trinajstić information content (AvgIpc) is 3.85. The van der Waals surface area contributed by atoms with E-state index in [2.05, 4.69) is 58.6 Å². The monoisotopic (exact) mass is 702 g/mol. The molecular weight excluding hydrogens is 655 g/mol. The molecule has 3 saturated heterocycles. The van der Waals surface area contributed by atoms with Crippen molar-refractivity contribution in [1.82, 2.24) is 40.3 Å². The Labute approximate surface area is 286 Å². The highest BCUT2D eigenvalue weighted by atomic mass is 35.5. The molecule has 0 bridgehead atoms. The molecule has 0 aromatic carbocycles. The summed E-state index contributed by atoms with van der Waals surface area (Å²) >= 11 is 12.4. The van der Waals surface area contributed by atoms with E-state index in [4.69, 9.17) is 42.1 Å². The number of ether oxygens (including phenoxy) is 4. The van der Waals surface area contributed by atoms with E-state index in [1.165, 1.54) is 19.3 Å². The van der Waals surface area contributed by atoms with Crippen LogP contribution >= 0.6 is 34.5 Å². The van der Waals surface area contributed by atoms with Crippen LogP contribution in [-0.2, 0) is 18.9 Å². The molecule has 7 heterocycles. The Morgan fingerprint density at radius 1 is 0.826 bits per heavy atom. The second-order valence-electron chi connectivity index (χ2n) is 10.2. The highest BCUT2D eigenvalue weighted by Gasteiger charge is 2.08. The van der Waals surface area contributed by atoms with E-state index in [0.29, 0.717) is 23.1 Å². The lowest BCUT2D eigenvalue weighted by Gasteiger charge is -1.94. The second-order valence-corrected chi connectivity index (χ2v) is 11.9. The van der Waals surface area contributed by atoms with E-state index < -0.39 is 0 Å². The molecule has 3 aliphatic rings. The van der Waals surface area contributed by atoms with Gasteiger partial charge in [0.25, 0.3) is 0 Å². The molecular formula is C30H48Cl2N8O5S. The van der Waals surface area contributed by atoms with Gasteiger partial charge in [-0.15, -0.1) is 16.4 Å². The molecule has 4 aromatic rings. The van der Waals surface area contributed by atoms with Crippen molar-refractivity contribution < 1.29 is 23.5 Å². The summed E-state index contributed by atoms with van der Waals surface area (Å²) < 4.78 is 24.7. The highest BCUT2D eigenvalue weighted by molar-refractivity contribution is 7.09. The third-order valence-corrected chi connectivity index (χ3v) is 6.68. The van der Waals surface area contributed by atoms with Gasteiger partial charge in [-0.05, 0) is 96.0 Å². The summed E-state index contributed by atoms with van der Waals surface area (Å²) in [4.78, 5) is 19.0. The van der Waals surface area contributed by atoms with Gasteiger partial charge < -0.3 is 23.5 Å². The Bertz CT molecular complexity index is 1140. The molecule has 1 N–H and O–H groups in total. The predicted molar refractivity (Wildman–Crippen MR) is 179 cm³/mol. The lowest BCUT2D eigenvalue weighted by molar-refractivity contribution is -0.0254. The number of aromatic nitrogens is 8. The molecule has 258 valence electrons. The topological polar surface area (TPSA) is 156 Å². The van der Waals surface area contributed by atoms with Crippen LogP contribution in [0.2, 0.25) is 10.6 Å². The summed E-state index contributed by atoms with van der Waals surface area (Å²) in [6, 6.07) is 1.80. The summed E-state index contributed by atoms with van der Waals surface area (Å²) in [6.45, 7) is 19.9. The first-order valence-corrected chi connectivity index (χ1v) is 16.6. The minimum Gasteiger partial charge on any atom is -0.381 e. The molecule has 3 fully saturated rings. The van der Waals surface area contributed by atoms with Crippen LogP contribution in [0.1, 0.15) is 68.3 Å². The van der Waals surface area contributed by atoms with Crippen molar-refractivity contribution in [3.63, 3.8) is 0 Å². The van der Waals surface area contributed by atoms with E-state index in [9.17, 15) is 0 Å². The zero-order valence-corrected chi connectivity index (χ0v) is 30.4. The number of aromatic amines is 1. The van der Waals surface area contributed by atoms with Gasteiger partial charge in [-0.25, -0.2) is 15.0 Å². The van der Waals surface area contributed by atoms with Crippen molar-refractivity contribution in [2.75, 3.05) is 33.0 Å². The van der Waals surface area contributed by atoms with Crippen molar-refractivity contribution in [2.24, 2.45) is 5.92 Å². The van der Waals surface area contributed by atoms with Crippen molar-refractivity contribution in [3.05, 3.63) is 62.6 Å². The first-order chi connectivity index (χ1) is 21.9. The van der Waals surface area contributed by atoms with E-state index in [0.717, 1.165) is 55.5 Å². The molecule has 0 amide bonds. The van der Waals surface area contributed by atoms with Gasteiger partial charge >= 0.3 is 0 Å². The Morgan fingerprint density at radius 2 is 1.57 bits per heavy atom. The van der Waals surface area contributed by atoms with Crippen molar-refractivity contribution in [1.29, 1.82) is 0 Å². The molecule has 4 aromatic heterocycles. The Hall–Kier alpha value is -2.59. The van der Waals surface area contributed by atoms with Crippen LogP contribution < -0.4 is 0 Å². The van der Waals surface area contributed by atoms with Gasteiger partial charge in [-0.1, -0.05) is 12.1 Å². The zero-order valence-electron chi connectivity index (χ0n) is 28.0. The van der Waals surface area contributed by atoms with Gasteiger partial charge in [0.1, 0.15) is 5.82 Å². The van der Waals surface area contributed by atoms with Crippen molar-refractivity contribution in [3.8, 4) is 0 Å². The Balaban J connectivity index is 0.000000269.